The molecule has 0 fully saturated rings. The average Bonchev–Trinajstić information content (AvgIpc) is 3.14. The van der Waals surface area contributed by atoms with E-state index in [9.17, 15) is 9.59 Å². The van der Waals surface area contributed by atoms with Crippen LogP contribution in [-0.4, -0.2) is 11.8 Å². The summed E-state index contributed by atoms with van der Waals surface area (Å²) in [5.74, 6) is 0.274. The molecular formula is C19H15BrN2O3. The lowest BCUT2D eigenvalue weighted by molar-refractivity contribution is 0.0947. The largest absolute Gasteiger partial charge is 0.467 e. The monoisotopic (exact) mass is 398 g/mol. The summed E-state index contributed by atoms with van der Waals surface area (Å²) in [6.45, 7) is 0.327. The Balaban J connectivity index is 1.58. The first-order valence-electron chi connectivity index (χ1n) is 7.59. The zero-order valence-electron chi connectivity index (χ0n) is 13.2. The van der Waals surface area contributed by atoms with Crippen LogP contribution in [0.1, 0.15) is 26.5 Å². The molecule has 0 saturated heterocycles. The fourth-order valence-electron chi connectivity index (χ4n) is 2.19. The first kappa shape index (κ1) is 17.0. The van der Waals surface area contributed by atoms with Crippen molar-refractivity contribution in [2.24, 2.45) is 0 Å². The lowest BCUT2D eigenvalue weighted by Crippen LogP contribution is -2.22. The summed E-state index contributed by atoms with van der Waals surface area (Å²) in [6, 6.07) is 17.3. The Bertz CT molecular complexity index is 857. The van der Waals surface area contributed by atoms with Crippen LogP contribution < -0.4 is 10.6 Å². The molecule has 2 N–H and O–H groups in total. The average molecular weight is 399 g/mol. The summed E-state index contributed by atoms with van der Waals surface area (Å²) >= 11 is 3.33. The van der Waals surface area contributed by atoms with E-state index in [4.69, 9.17) is 4.42 Å². The molecule has 0 radical (unpaired) electrons. The zero-order chi connectivity index (χ0) is 17.6. The van der Waals surface area contributed by atoms with Crippen molar-refractivity contribution in [2.75, 3.05) is 5.32 Å². The molecule has 0 bridgehead atoms. The van der Waals surface area contributed by atoms with E-state index >= 15 is 0 Å². The first-order chi connectivity index (χ1) is 12.1. The summed E-state index contributed by atoms with van der Waals surface area (Å²) in [5, 5.41) is 5.57. The van der Waals surface area contributed by atoms with Gasteiger partial charge in [0.25, 0.3) is 11.8 Å². The Morgan fingerprint density at radius 1 is 0.880 bits per heavy atom. The molecule has 5 nitrogen and oxygen atoms in total. The maximum atomic E-state index is 12.2. The number of rotatable bonds is 5. The molecule has 0 atom stereocenters. The van der Waals surface area contributed by atoms with Gasteiger partial charge in [0.05, 0.1) is 12.8 Å². The molecule has 3 aromatic rings. The second-order valence-electron chi connectivity index (χ2n) is 5.30. The van der Waals surface area contributed by atoms with Crippen LogP contribution in [0.5, 0.6) is 0 Å². The predicted molar refractivity (Wildman–Crippen MR) is 98.4 cm³/mol. The van der Waals surface area contributed by atoms with Crippen LogP contribution in [0.15, 0.2) is 75.8 Å². The second kappa shape index (κ2) is 7.81. The highest BCUT2D eigenvalue weighted by molar-refractivity contribution is 9.10. The molecule has 0 aliphatic rings. The van der Waals surface area contributed by atoms with Crippen LogP contribution in [-0.2, 0) is 6.54 Å². The van der Waals surface area contributed by atoms with Crippen LogP contribution in [0.4, 0.5) is 5.69 Å². The predicted octanol–water partition coefficient (Wildman–Crippen LogP) is 4.22. The number of furan rings is 1. The van der Waals surface area contributed by atoms with Crippen LogP contribution in [0.3, 0.4) is 0 Å². The van der Waals surface area contributed by atoms with Gasteiger partial charge in [-0.05, 0) is 60.7 Å². The fourth-order valence-corrected chi connectivity index (χ4v) is 2.46. The Hall–Kier alpha value is -2.86. The Labute approximate surface area is 153 Å². The van der Waals surface area contributed by atoms with Crippen LogP contribution >= 0.6 is 15.9 Å². The number of benzene rings is 2. The van der Waals surface area contributed by atoms with E-state index in [0.717, 1.165) is 4.47 Å². The minimum atomic E-state index is -0.206. The van der Waals surface area contributed by atoms with Gasteiger partial charge >= 0.3 is 0 Å². The van der Waals surface area contributed by atoms with E-state index in [1.807, 2.05) is 0 Å². The summed E-state index contributed by atoms with van der Waals surface area (Å²) in [6.07, 6.45) is 1.56. The maximum Gasteiger partial charge on any atom is 0.255 e. The van der Waals surface area contributed by atoms with Gasteiger partial charge in [-0.15, -0.1) is 0 Å². The quantitative estimate of drug-likeness (QED) is 0.675. The van der Waals surface area contributed by atoms with Crippen molar-refractivity contribution in [1.29, 1.82) is 0 Å². The van der Waals surface area contributed by atoms with Crippen LogP contribution in [0.25, 0.3) is 0 Å². The number of hydrogen-bond donors (Lipinski definition) is 2. The topological polar surface area (TPSA) is 71.3 Å². The Kier molecular flexibility index (Phi) is 5.30. The molecule has 126 valence electrons. The Morgan fingerprint density at radius 2 is 1.52 bits per heavy atom. The third-order valence-electron chi connectivity index (χ3n) is 3.51. The SMILES string of the molecule is O=C(NCc1ccco1)c1ccc(NC(=O)c2ccc(Br)cc2)cc1. The third-order valence-corrected chi connectivity index (χ3v) is 4.04. The van der Waals surface area contributed by atoms with E-state index in [0.29, 0.717) is 29.1 Å². The van der Waals surface area contributed by atoms with Crippen molar-refractivity contribution in [3.63, 3.8) is 0 Å². The van der Waals surface area contributed by atoms with Crippen molar-refractivity contribution in [2.45, 2.75) is 6.54 Å². The second-order valence-corrected chi connectivity index (χ2v) is 6.22. The van der Waals surface area contributed by atoms with Crippen LogP contribution in [0.2, 0.25) is 0 Å². The molecule has 0 aliphatic carbocycles. The molecule has 1 aromatic heterocycles. The molecule has 2 amide bonds. The summed E-state index contributed by atoms with van der Waals surface area (Å²) in [4.78, 5) is 24.2. The van der Waals surface area contributed by atoms with E-state index in [2.05, 4.69) is 26.6 Å². The number of hydrogen-bond acceptors (Lipinski definition) is 3. The van der Waals surface area contributed by atoms with Crippen LogP contribution in [0, 0.1) is 0 Å². The zero-order valence-corrected chi connectivity index (χ0v) is 14.7. The van der Waals surface area contributed by atoms with E-state index in [1.54, 1.807) is 66.9 Å². The van der Waals surface area contributed by atoms with Gasteiger partial charge in [0, 0.05) is 21.3 Å². The fraction of sp³-hybridized carbons (Fsp3) is 0.0526. The third kappa shape index (κ3) is 4.58. The molecule has 1 heterocycles. The molecule has 0 unspecified atom stereocenters. The highest BCUT2D eigenvalue weighted by Gasteiger charge is 2.08. The summed E-state index contributed by atoms with van der Waals surface area (Å²) < 4.78 is 6.08. The lowest BCUT2D eigenvalue weighted by atomic mass is 10.1. The highest BCUT2D eigenvalue weighted by atomic mass is 79.9. The summed E-state index contributed by atoms with van der Waals surface area (Å²) in [5.41, 5.74) is 1.69. The number of carbonyl (C=O) groups excluding carboxylic acids is 2. The normalized spacial score (nSPS) is 10.3. The maximum absolute atomic E-state index is 12.2. The Morgan fingerprint density at radius 3 is 2.16 bits per heavy atom. The molecule has 6 heteroatoms. The minimum absolute atomic E-state index is 0.206. The molecule has 25 heavy (non-hydrogen) atoms. The van der Waals surface area contributed by atoms with Gasteiger partial charge in [-0.3, -0.25) is 9.59 Å². The van der Waals surface area contributed by atoms with E-state index in [-0.39, 0.29) is 11.8 Å². The van der Waals surface area contributed by atoms with Crippen molar-refractivity contribution >= 4 is 33.4 Å². The number of carbonyl (C=O) groups is 2. The standard InChI is InChI=1S/C19H15BrN2O3/c20-15-7-3-14(4-8-15)19(24)22-16-9-5-13(6-10-16)18(23)21-12-17-2-1-11-25-17/h1-11H,12H2,(H,21,23)(H,22,24). The number of amides is 2. The molecule has 2 aromatic carbocycles. The number of nitrogens with one attached hydrogen (secondary N) is 2. The van der Waals surface area contributed by atoms with Gasteiger partial charge < -0.3 is 15.1 Å². The van der Waals surface area contributed by atoms with Gasteiger partial charge in [0.15, 0.2) is 0 Å². The van der Waals surface area contributed by atoms with Crippen molar-refractivity contribution in [3.8, 4) is 0 Å². The molecule has 0 spiro atoms. The van der Waals surface area contributed by atoms with Gasteiger partial charge in [-0.1, -0.05) is 15.9 Å². The van der Waals surface area contributed by atoms with E-state index < -0.39 is 0 Å². The van der Waals surface area contributed by atoms with Crippen molar-refractivity contribution < 1.29 is 14.0 Å². The molecule has 0 aliphatic heterocycles. The van der Waals surface area contributed by atoms with Gasteiger partial charge in [0.2, 0.25) is 0 Å². The van der Waals surface area contributed by atoms with E-state index in [1.165, 1.54) is 0 Å². The van der Waals surface area contributed by atoms with Gasteiger partial charge in [-0.2, -0.15) is 0 Å². The number of anilines is 1. The highest BCUT2D eigenvalue weighted by Crippen LogP contribution is 2.14. The van der Waals surface area contributed by atoms with Crippen molar-refractivity contribution in [3.05, 3.63) is 88.3 Å². The molecular weight excluding hydrogens is 384 g/mol. The smallest absolute Gasteiger partial charge is 0.255 e. The minimum Gasteiger partial charge on any atom is -0.467 e. The molecule has 0 saturated carbocycles. The first-order valence-corrected chi connectivity index (χ1v) is 8.39. The number of halogens is 1. The summed E-state index contributed by atoms with van der Waals surface area (Å²) in [7, 11) is 0. The lowest BCUT2D eigenvalue weighted by Gasteiger charge is -2.07. The van der Waals surface area contributed by atoms with Gasteiger partial charge in [-0.25, -0.2) is 0 Å². The molecule has 3 rings (SSSR count). The van der Waals surface area contributed by atoms with Gasteiger partial charge in [0.1, 0.15) is 5.76 Å². The van der Waals surface area contributed by atoms with Crippen molar-refractivity contribution in [1.82, 2.24) is 5.32 Å².